The largest absolute Gasteiger partial charge is 0.378 e. The highest BCUT2D eigenvalue weighted by atomic mass is 127. The highest BCUT2D eigenvalue weighted by Crippen LogP contribution is 2.48. The van der Waals surface area contributed by atoms with Crippen molar-refractivity contribution in [2.75, 3.05) is 13.7 Å². The summed E-state index contributed by atoms with van der Waals surface area (Å²) >= 11 is 0. The van der Waals surface area contributed by atoms with Gasteiger partial charge in [0.05, 0.1) is 12.6 Å². The van der Waals surface area contributed by atoms with Crippen LogP contribution in [0.5, 0.6) is 0 Å². The molecular formula is C16H31IN6O. The fraction of sp³-hybridized carbons (Fsp3) is 0.812. The second-order valence-corrected chi connectivity index (χ2v) is 6.10. The number of guanidine groups is 1. The third-order valence-corrected chi connectivity index (χ3v) is 5.22. The topological polar surface area (TPSA) is 76.4 Å². The van der Waals surface area contributed by atoms with Crippen LogP contribution < -0.4 is 10.6 Å². The number of nitrogens with one attached hydrogen (secondary N) is 2. The second-order valence-electron chi connectivity index (χ2n) is 6.10. The molecule has 1 aromatic rings. The Hall–Kier alpha value is -0.900. The molecule has 24 heavy (non-hydrogen) atoms. The first-order chi connectivity index (χ1) is 11.1. The van der Waals surface area contributed by atoms with Crippen LogP contribution in [0.25, 0.3) is 0 Å². The van der Waals surface area contributed by atoms with Crippen LogP contribution in [0.1, 0.15) is 45.9 Å². The Labute approximate surface area is 162 Å². The van der Waals surface area contributed by atoms with Gasteiger partial charge in [0.2, 0.25) is 0 Å². The molecule has 0 spiro atoms. The lowest BCUT2D eigenvalue weighted by atomic mass is 9.58. The molecule has 0 saturated heterocycles. The summed E-state index contributed by atoms with van der Waals surface area (Å²) in [7, 11) is 3.73. The molecular weight excluding hydrogens is 419 g/mol. The summed E-state index contributed by atoms with van der Waals surface area (Å²) in [5.74, 6) is 1.69. The summed E-state index contributed by atoms with van der Waals surface area (Å²) in [5.41, 5.74) is 0.193. The van der Waals surface area contributed by atoms with Crippen LogP contribution in [0.4, 0.5) is 0 Å². The Kier molecular flexibility index (Phi) is 8.41. The van der Waals surface area contributed by atoms with E-state index in [1.54, 1.807) is 13.4 Å². The van der Waals surface area contributed by atoms with Crippen molar-refractivity contribution in [2.45, 2.75) is 58.7 Å². The van der Waals surface area contributed by atoms with Crippen LogP contribution in [-0.4, -0.2) is 46.5 Å². The van der Waals surface area contributed by atoms with Crippen LogP contribution >= 0.6 is 24.0 Å². The van der Waals surface area contributed by atoms with Gasteiger partial charge in [0.25, 0.3) is 0 Å². The van der Waals surface area contributed by atoms with Crippen molar-refractivity contribution in [3.8, 4) is 0 Å². The Balaban J connectivity index is 0.00000288. The van der Waals surface area contributed by atoms with Crippen LogP contribution in [0.2, 0.25) is 0 Å². The first-order valence-electron chi connectivity index (χ1n) is 8.52. The summed E-state index contributed by atoms with van der Waals surface area (Å²) in [5, 5.41) is 14.9. The zero-order valence-electron chi connectivity index (χ0n) is 15.4. The first-order valence-corrected chi connectivity index (χ1v) is 8.52. The molecule has 7 nitrogen and oxygen atoms in total. The summed E-state index contributed by atoms with van der Waals surface area (Å²) in [6.07, 6.45) is 5.28. The van der Waals surface area contributed by atoms with E-state index in [1.807, 2.05) is 11.6 Å². The SMILES string of the molecule is CCOC1CC(NC(=NC)NCc2nncn2C)C1(CC)CC.I. The van der Waals surface area contributed by atoms with Gasteiger partial charge in [-0.3, -0.25) is 4.99 Å². The highest BCUT2D eigenvalue weighted by molar-refractivity contribution is 14.0. The maximum absolute atomic E-state index is 5.93. The second kappa shape index (κ2) is 9.55. The normalized spacial score (nSPS) is 22.5. The number of aryl methyl sites for hydroxylation is 1. The molecule has 0 aromatic carbocycles. The minimum absolute atomic E-state index is 0. The van der Waals surface area contributed by atoms with E-state index in [0.717, 1.165) is 37.7 Å². The number of aromatic nitrogens is 3. The van der Waals surface area contributed by atoms with Gasteiger partial charge >= 0.3 is 0 Å². The molecule has 2 N–H and O–H groups in total. The Bertz CT molecular complexity index is 528. The van der Waals surface area contributed by atoms with E-state index < -0.39 is 0 Å². The molecule has 2 rings (SSSR count). The maximum atomic E-state index is 5.93. The van der Waals surface area contributed by atoms with Gasteiger partial charge in [-0.1, -0.05) is 13.8 Å². The van der Waals surface area contributed by atoms with Gasteiger partial charge < -0.3 is 19.9 Å². The molecule has 138 valence electrons. The van der Waals surface area contributed by atoms with Crippen molar-refractivity contribution < 1.29 is 4.74 Å². The van der Waals surface area contributed by atoms with Crippen molar-refractivity contribution in [1.29, 1.82) is 0 Å². The minimum atomic E-state index is 0. The fourth-order valence-electron chi connectivity index (χ4n) is 3.57. The van der Waals surface area contributed by atoms with E-state index in [1.165, 1.54) is 0 Å². The summed E-state index contributed by atoms with van der Waals surface area (Å²) in [6, 6.07) is 0.389. The van der Waals surface area contributed by atoms with Gasteiger partial charge in [0, 0.05) is 32.2 Å². The average molecular weight is 450 g/mol. The monoisotopic (exact) mass is 450 g/mol. The standard InChI is InChI=1S/C16H30N6O.HI/c1-6-16(7-2)12(9-13(16)23-8-3)20-15(17-4)18-10-14-21-19-11-22(14)5;/h11-13H,6-10H2,1-5H3,(H2,17,18,20);1H. The average Bonchev–Trinajstić information content (AvgIpc) is 2.96. The summed E-state index contributed by atoms with van der Waals surface area (Å²) in [6.45, 7) is 7.94. The molecule has 0 radical (unpaired) electrons. The van der Waals surface area contributed by atoms with E-state index in [4.69, 9.17) is 4.74 Å². The van der Waals surface area contributed by atoms with Gasteiger partial charge in [-0.15, -0.1) is 34.2 Å². The number of aliphatic imine (C=N–C) groups is 1. The Morgan fingerprint density at radius 1 is 1.42 bits per heavy atom. The van der Waals surface area contributed by atoms with E-state index >= 15 is 0 Å². The minimum Gasteiger partial charge on any atom is -0.378 e. The lowest BCUT2D eigenvalue weighted by Crippen LogP contribution is -2.65. The van der Waals surface area contributed by atoms with Crippen LogP contribution in [0, 0.1) is 5.41 Å². The van der Waals surface area contributed by atoms with Crippen molar-refractivity contribution in [1.82, 2.24) is 25.4 Å². The van der Waals surface area contributed by atoms with Crippen LogP contribution in [0.3, 0.4) is 0 Å². The van der Waals surface area contributed by atoms with Gasteiger partial charge in [0.15, 0.2) is 11.8 Å². The third kappa shape index (κ3) is 4.19. The molecule has 2 atom stereocenters. The zero-order chi connectivity index (χ0) is 16.9. The molecule has 2 unspecified atom stereocenters. The summed E-state index contributed by atoms with van der Waals surface area (Å²) in [4.78, 5) is 4.34. The number of rotatable bonds is 7. The van der Waals surface area contributed by atoms with Crippen LogP contribution in [-0.2, 0) is 18.3 Å². The van der Waals surface area contributed by atoms with E-state index in [9.17, 15) is 0 Å². The molecule has 0 bridgehead atoms. The van der Waals surface area contributed by atoms with Gasteiger partial charge in [-0.2, -0.15) is 0 Å². The predicted octanol–water partition coefficient (Wildman–Crippen LogP) is 2.08. The number of ether oxygens (including phenoxy) is 1. The van der Waals surface area contributed by atoms with Gasteiger partial charge in [-0.05, 0) is 26.2 Å². The first kappa shape index (κ1) is 21.1. The van der Waals surface area contributed by atoms with Crippen LogP contribution in [0.15, 0.2) is 11.3 Å². The van der Waals surface area contributed by atoms with Crippen molar-refractivity contribution >= 4 is 29.9 Å². The third-order valence-electron chi connectivity index (χ3n) is 5.22. The zero-order valence-corrected chi connectivity index (χ0v) is 17.7. The van der Waals surface area contributed by atoms with Crippen molar-refractivity contribution in [3.63, 3.8) is 0 Å². The maximum Gasteiger partial charge on any atom is 0.191 e. The smallest absolute Gasteiger partial charge is 0.191 e. The van der Waals surface area contributed by atoms with E-state index in [0.29, 0.717) is 18.7 Å². The predicted molar refractivity (Wildman–Crippen MR) is 107 cm³/mol. The van der Waals surface area contributed by atoms with Crippen molar-refractivity contribution in [2.24, 2.45) is 17.5 Å². The van der Waals surface area contributed by atoms with E-state index in [2.05, 4.69) is 46.6 Å². The van der Waals surface area contributed by atoms with Gasteiger partial charge in [0.1, 0.15) is 6.33 Å². The molecule has 1 saturated carbocycles. The quantitative estimate of drug-likeness (QED) is 0.378. The molecule has 1 aliphatic carbocycles. The lowest BCUT2D eigenvalue weighted by molar-refractivity contribution is -0.133. The molecule has 1 aromatic heterocycles. The van der Waals surface area contributed by atoms with Gasteiger partial charge in [-0.25, -0.2) is 0 Å². The van der Waals surface area contributed by atoms with E-state index in [-0.39, 0.29) is 29.4 Å². The number of halogens is 1. The lowest BCUT2D eigenvalue weighted by Gasteiger charge is -2.55. The molecule has 1 fully saturated rings. The molecule has 1 aliphatic rings. The fourth-order valence-corrected chi connectivity index (χ4v) is 3.57. The molecule has 1 heterocycles. The highest BCUT2D eigenvalue weighted by Gasteiger charge is 2.53. The molecule has 8 heteroatoms. The molecule has 0 amide bonds. The number of nitrogens with zero attached hydrogens (tertiary/aromatic N) is 4. The molecule has 0 aliphatic heterocycles. The Morgan fingerprint density at radius 2 is 2.12 bits per heavy atom. The Morgan fingerprint density at radius 3 is 2.62 bits per heavy atom. The number of hydrogen-bond donors (Lipinski definition) is 2. The van der Waals surface area contributed by atoms with Crippen molar-refractivity contribution in [3.05, 3.63) is 12.2 Å². The summed E-state index contributed by atoms with van der Waals surface area (Å²) < 4.78 is 7.83. The number of hydrogen-bond acceptors (Lipinski definition) is 4.